The molecule has 0 aromatic heterocycles. The molecule has 0 spiro atoms. The summed E-state index contributed by atoms with van der Waals surface area (Å²) in [6.07, 6.45) is 2.86. The molecule has 1 amide bonds. The zero-order chi connectivity index (χ0) is 25.3. The molecule has 186 valence electrons. The number of amidine groups is 1. The first-order valence-electron chi connectivity index (χ1n) is 11.0. The number of nitrogens with zero attached hydrogens (tertiary/aromatic N) is 3. The quantitative estimate of drug-likeness (QED) is 0.361. The van der Waals surface area contributed by atoms with Crippen molar-refractivity contribution in [3.05, 3.63) is 71.3 Å². The summed E-state index contributed by atoms with van der Waals surface area (Å²) in [6, 6.07) is 12.2. The molecule has 0 bridgehead atoms. The third-order valence-corrected chi connectivity index (χ3v) is 4.85. The maximum Gasteiger partial charge on any atom is 0.224 e. The standard InChI is InChI=1S/C14H19FN2O.C10H11FN2O.CH3F/c15-13-6-2-1-5-11(13)9-12(16)10-14(18)17-7-3-4-8-17;1-3-14-13-10(12-2)8-5-4-6-9(11)7-8;1-2/h1-2,5-6,12H,3-4,7-10,16H2;4-7H,2-3H2,1H3;1H3/b;13-10-;. The fraction of sp³-hybridized carbons (Fsp3) is 0.400. The Hall–Kier alpha value is -3.20. The van der Waals surface area contributed by atoms with Crippen LogP contribution in [-0.2, 0) is 16.1 Å². The average molecular weight is 479 g/mol. The van der Waals surface area contributed by atoms with Gasteiger partial charge in [-0.05, 0) is 56.7 Å². The first-order valence-corrected chi connectivity index (χ1v) is 11.0. The van der Waals surface area contributed by atoms with Crippen LogP contribution in [0.4, 0.5) is 13.2 Å². The fourth-order valence-corrected chi connectivity index (χ4v) is 3.26. The SMILES string of the molecule is C=N/C(=N\OCC)c1cccc(F)c1.CF.NC(CC(=O)N1CCCC1)Cc1ccccc1F. The predicted octanol–water partition coefficient (Wildman–Crippen LogP) is 4.52. The van der Waals surface area contributed by atoms with Crippen molar-refractivity contribution in [1.29, 1.82) is 0 Å². The average Bonchev–Trinajstić information content (AvgIpc) is 3.38. The molecule has 2 aromatic carbocycles. The van der Waals surface area contributed by atoms with Crippen molar-refractivity contribution in [3.8, 4) is 0 Å². The molecule has 1 heterocycles. The van der Waals surface area contributed by atoms with Gasteiger partial charge in [0.25, 0.3) is 0 Å². The van der Waals surface area contributed by atoms with E-state index in [-0.39, 0.29) is 29.4 Å². The molecule has 6 nitrogen and oxygen atoms in total. The molecule has 1 unspecified atom stereocenters. The van der Waals surface area contributed by atoms with Crippen LogP contribution >= 0.6 is 0 Å². The van der Waals surface area contributed by atoms with Crippen LogP contribution in [0.25, 0.3) is 0 Å². The Morgan fingerprint density at radius 3 is 2.41 bits per heavy atom. The van der Waals surface area contributed by atoms with E-state index in [0.717, 1.165) is 25.9 Å². The number of carbonyl (C=O) groups excluding carboxylic acids is 1. The number of benzene rings is 2. The minimum atomic E-state index is -0.338. The molecule has 0 aliphatic carbocycles. The van der Waals surface area contributed by atoms with E-state index in [4.69, 9.17) is 10.6 Å². The van der Waals surface area contributed by atoms with Gasteiger partial charge in [0.2, 0.25) is 5.91 Å². The van der Waals surface area contributed by atoms with Gasteiger partial charge in [0.15, 0.2) is 5.84 Å². The van der Waals surface area contributed by atoms with Gasteiger partial charge in [0.1, 0.15) is 18.2 Å². The van der Waals surface area contributed by atoms with Crippen LogP contribution in [0.1, 0.15) is 37.3 Å². The minimum absolute atomic E-state index is 0.0938. The Morgan fingerprint density at radius 1 is 1.15 bits per heavy atom. The highest BCUT2D eigenvalue weighted by atomic mass is 19.1. The number of rotatable bonds is 7. The predicted molar refractivity (Wildman–Crippen MR) is 130 cm³/mol. The summed E-state index contributed by atoms with van der Waals surface area (Å²) < 4.78 is 35.8. The summed E-state index contributed by atoms with van der Waals surface area (Å²) in [5.74, 6) is -0.209. The van der Waals surface area contributed by atoms with Gasteiger partial charge < -0.3 is 15.5 Å². The molecule has 1 aliphatic heterocycles. The highest BCUT2D eigenvalue weighted by Gasteiger charge is 2.20. The van der Waals surface area contributed by atoms with Crippen molar-refractivity contribution in [1.82, 2.24) is 4.90 Å². The van der Waals surface area contributed by atoms with Crippen LogP contribution in [0, 0.1) is 11.6 Å². The van der Waals surface area contributed by atoms with E-state index in [1.54, 1.807) is 37.3 Å². The van der Waals surface area contributed by atoms with E-state index in [2.05, 4.69) is 16.9 Å². The lowest BCUT2D eigenvalue weighted by molar-refractivity contribution is -0.130. The number of aliphatic imine (C=N–C) groups is 1. The number of hydrogen-bond acceptors (Lipinski definition) is 4. The van der Waals surface area contributed by atoms with Gasteiger partial charge >= 0.3 is 0 Å². The Balaban J connectivity index is 0.000000326. The van der Waals surface area contributed by atoms with Crippen LogP contribution in [0.5, 0.6) is 0 Å². The molecule has 3 rings (SSSR count). The van der Waals surface area contributed by atoms with Gasteiger partial charge in [-0.3, -0.25) is 9.18 Å². The number of nitrogens with two attached hydrogens (primary N) is 1. The molecule has 1 fully saturated rings. The molecule has 2 N–H and O–H groups in total. The largest absolute Gasteiger partial charge is 0.394 e. The lowest BCUT2D eigenvalue weighted by atomic mass is 10.0. The zero-order valence-electron chi connectivity index (χ0n) is 19.7. The molecule has 0 radical (unpaired) electrons. The van der Waals surface area contributed by atoms with E-state index in [1.165, 1.54) is 18.2 Å². The van der Waals surface area contributed by atoms with Crippen LogP contribution in [0.2, 0.25) is 0 Å². The second kappa shape index (κ2) is 16.4. The lowest BCUT2D eigenvalue weighted by Crippen LogP contribution is -2.35. The van der Waals surface area contributed by atoms with E-state index >= 15 is 0 Å². The monoisotopic (exact) mass is 478 g/mol. The normalized spacial score (nSPS) is 13.7. The molecule has 9 heteroatoms. The number of hydrogen-bond donors (Lipinski definition) is 1. The summed E-state index contributed by atoms with van der Waals surface area (Å²) in [6.45, 7) is 7.25. The molecule has 0 saturated carbocycles. The molecular weight excluding hydrogens is 445 g/mol. The van der Waals surface area contributed by atoms with Gasteiger partial charge in [0, 0.05) is 31.1 Å². The first kappa shape index (κ1) is 28.8. The van der Waals surface area contributed by atoms with E-state index in [0.29, 0.717) is 37.8 Å². The molecule has 1 saturated heterocycles. The summed E-state index contributed by atoms with van der Waals surface area (Å²) in [4.78, 5) is 22.2. The van der Waals surface area contributed by atoms with Gasteiger partial charge in [-0.2, -0.15) is 0 Å². The lowest BCUT2D eigenvalue weighted by Gasteiger charge is -2.18. The third kappa shape index (κ3) is 10.2. The minimum Gasteiger partial charge on any atom is -0.394 e. The van der Waals surface area contributed by atoms with Gasteiger partial charge in [0.05, 0.1) is 7.18 Å². The molecule has 2 aromatic rings. The van der Waals surface area contributed by atoms with Crippen molar-refractivity contribution < 1.29 is 22.8 Å². The van der Waals surface area contributed by atoms with Crippen LogP contribution in [0.15, 0.2) is 58.7 Å². The Morgan fingerprint density at radius 2 is 1.82 bits per heavy atom. The van der Waals surface area contributed by atoms with E-state index in [9.17, 15) is 18.0 Å². The Kier molecular flexibility index (Phi) is 13.9. The van der Waals surface area contributed by atoms with Crippen molar-refractivity contribution in [3.63, 3.8) is 0 Å². The van der Waals surface area contributed by atoms with E-state index in [1.807, 2.05) is 4.90 Å². The second-order valence-electron chi connectivity index (χ2n) is 7.35. The molecule has 1 aliphatic rings. The molecular formula is C25H33F3N4O2. The van der Waals surface area contributed by atoms with Gasteiger partial charge in [-0.25, -0.2) is 13.8 Å². The molecule has 1 atom stereocenters. The van der Waals surface area contributed by atoms with Crippen LogP contribution < -0.4 is 5.73 Å². The number of carbonyl (C=O) groups is 1. The zero-order valence-corrected chi connectivity index (χ0v) is 19.7. The topological polar surface area (TPSA) is 80.3 Å². The highest BCUT2D eigenvalue weighted by Crippen LogP contribution is 2.13. The Bertz CT molecular complexity index is 919. The van der Waals surface area contributed by atoms with Crippen LogP contribution in [0.3, 0.4) is 0 Å². The summed E-state index contributed by atoms with van der Waals surface area (Å²) in [7, 11) is 0.500. The maximum absolute atomic E-state index is 13.4. The van der Waals surface area contributed by atoms with Crippen molar-refractivity contribution in [2.45, 2.75) is 38.6 Å². The van der Waals surface area contributed by atoms with Crippen molar-refractivity contribution in [2.75, 3.05) is 26.9 Å². The first-order chi connectivity index (χ1) is 16.4. The number of oxime groups is 1. The summed E-state index contributed by atoms with van der Waals surface area (Å²) >= 11 is 0. The number of halogens is 3. The molecule has 34 heavy (non-hydrogen) atoms. The van der Waals surface area contributed by atoms with Gasteiger partial charge in [-0.1, -0.05) is 35.5 Å². The smallest absolute Gasteiger partial charge is 0.224 e. The third-order valence-electron chi connectivity index (χ3n) is 4.85. The van der Waals surface area contributed by atoms with Crippen molar-refractivity contribution >= 4 is 18.5 Å². The maximum atomic E-state index is 13.4. The second-order valence-corrected chi connectivity index (χ2v) is 7.35. The van der Waals surface area contributed by atoms with Gasteiger partial charge in [-0.15, -0.1) is 0 Å². The van der Waals surface area contributed by atoms with Crippen LogP contribution in [-0.4, -0.2) is 56.3 Å². The number of likely N-dealkylation sites (tertiary alicyclic amines) is 1. The number of amides is 1. The van der Waals surface area contributed by atoms with Crippen molar-refractivity contribution in [2.24, 2.45) is 15.9 Å². The highest BCUT2D eigenvalue weighted by molar-refractivity contribution is 6.00. The summed E-state index contributed by atoms with van der Waals surface area (Å²) in [5, 5.41) is 3.69. The number of alkyl halides is 1. The Labute approximate surface area is 199 Å². The fourth-order valence-electron chi connectivity index (χ4n) is 3.26. The summed E-state index contributed by atoms with van der Waals surface area (Å²) in [5.41, 5.74) is 7.06. The van der Waals surface area contributed by atoms with E-state index < -0.39 is 0 Å².